The van der Waals surface area contributed by atoms with Crippen LogP contribution in [0.15, 0.2) is 27.2 Å². The zero-order valence-electron chi connectivity index (χ0n) is 11.1. The molecule has 0 amide bonds. The van der Waals surface area contributed by atoms with Gasteiger partial charge in [0, 0.05) is 23.7 Å². The molecule has 2 N–H and O–H groups in total. The van der Waals surface area contributed by atoms with Crippen molar-refractivity contribution >= 4 is 21.6 Å². The van der Waals surface area contributed by atoms with E-state index >= 15 is 0 Å². The molecule has 0 aliphatic heterocycles. The van der Waals surface area contributed by atoms with Crippen LogP contribution in [0.5, 0.6) is 0 Å². The van der Waals surface area contributed by atoms with E-state index in [4.69, 9.17) is 19.7 Å². The number of anilines is 1. The fourth-order valence-corrected chi connectivity index (χ4v) is 1.95. The fraction of sp³-hybridized carbons (Fsp3) is 0.385. The predicted octanol–water partition coefficient (Wildman–Crippen LogP) is 2.29. The second-order valence-electron chi connectivity index (χ2n) is 4.10. The van der Waals surface area contributed by atoms with Crippen molar-refractivity contribution in [2.75, 3.05) is 32.7 Å². The quantitative estimate of drug-likeness (QED) is 0.614. The van der Waals surface area contributed by atoms with Crippen LogP contribution in [-0.4, -0.2) is 37.1 Å². The topological polar surface area (TPSA) is 83.4 Å². The Balaban J connectivity index is 1.96. The Labute approximate surface area is 125 Å². The van der Waals surface area contributed by atoms with Gasteiger partial charge in [0.05, 0.1) is 25.4 Å². The maximum Gasteiger partial charge on any atom is 0.260 e. The Morgan fingerprint density at radius 1 is 1.30 bits per heavy atom. The van der Waals surface area contributed by atoms with Gasteiger partial charge >= 0.3 is 0 Å². The lowest BCUT2D eigenvalue weighted by atomic mass is 10.2. The van der Waals surface area contributed by atoms with Crippen molar-refractivity contribution in [2.45, 2.75) is 6.42 Å². The summed E-state index contributed by atoms with van der Waals surface area (Å²) in [5.74, 6) is 1.01. The van der Waals surface area contributed by atoms with E-state index in [0.29, 0.717) is 43.6 Å². The number of rotatable bonds is 7. The molecule has 20 heavy (non-hydrogen) atoms. The maximum atomic E-state index is 5.90. The molecule has 2 rings (SSSR count). The molecule has 0 saturated heterocycles. The van der Waals surface area contributed by atoms with Gasteiger partial charge in [0.1, 0.15) is 0 Å². The van der Waals surface area contributed by atoms with E-state index in [9.17, 15) is 0 Å². The van der Waals surface area contributed by atoms with Gasteiger partial charge in [-0.3, -0.25) is 0 Å². The number of nitrogens with zero attached hydrogens (tertiary/aromatic N) is 2. The van der Waals surface area contributed by atoms with E-state index in [1.54, 1.807) is 13.2 Å². The lowest BCUT2D eigenvalue weighted by Crippen LogP contribution is -2.05. The van der Waals surface area contributed by atoms with E-state index in [2.05, 4.69) is 26.1 Å². The molecule has 0 aliphatic rings. The Kier molecular flexibility index (Phi) is 5.51. The minimum atomic E-state index is 0.413. The van der Waals surface area contributed by atoms with Crippen molar-refractivity contribution in [3.8, 4) is 11.5 Å². The molecule has 7 heteroatoms. The summed E-state index contributed by atoms with van der Waals surface area (Å²) in [6, 6.07) is 5.50. The summed E-state index contributed by atoms with van der Waals surface area (Å²) >= 11 is 3.39. The molecule has 0 fully saturated rings. The van der Waals surface area contributed by atoms with E-state index < -0.39 is 0 Å². The number of benzene rings is 1. The number of hydrogen-bond acceptors (Lipinski definition) is 6. The number of nitrogen functional groups attached to an aromatic ring is 1. The van der Waals surface area contributed by atoms with Gasteiger partial charge in [-0.2, -0.15) is 4.98 Å². The molecule has 0 unspecified atom stereocenters. The molecule has 2 aromatic rings. The summed E-state index contributed by atoms with van der Waals surface area (Å²) in [6.45, 7) is 1.65. The highest BCUT2D eigenvalue weighted by Crippen LogP contribution is 2.27. The zero-order chi connectivity index (χ0) is 14.4. The number of nitrogens with two attached hydrogens (primary N) is 1. The average molecular weight is 342 g/mol. The van der Waals surface area contributed by atoms with Crippen LogP contribution in [0.1, 0.15) is 5.82 Å². The molecule has 1 heterocycles. The highest BCUT2D eigenvalue weighted by atomic mass is 79.9. The number of methoxy groups -OCH3 is 1. The molecule has 1 aromatic carbocycles. The number of hydrogen-bond donors (Lipinski definition) is 1. The van der Waals surface area contributed by atoms with Gasteiger partial charge in [-0.25, -0.2) is 0 Å². The van der Waals surface area contributed by atoms with E-state index in [1.165, 1.54) is 0 Å². The van der Waals surface area contributed by atoms with Gasteiger partial charge < -0.3 is 19.7 Å². The molecule has 0 atom stereocenters. The lowest BCUT2D eigenvalue weighted by molar-refractivity contribution is 0.0714. The first kappa shape index (κ1) is 15.0. The van der Waals surface area contributed by atoms with E-state index in [0.717, 1.165) is 10.0 Å². The second-order valence-corrected chi connectivity index (χ2v) is 5.02. The smallest absolute Gasteiger partial charge is 0.260 e. The van der Waals surface area contributed by atoms with Crippen molar-refractivity contribution in [3.05, 3.63) is 28.5 Å². The van der Waals surface area contributed by atoms with Gasteiger partial charge in [0.15, 0.2) is 5.82 Å². The SMILES string of the molecule is COCCOCCc1noc(-c2cc(Br)ccc2N)n1. The van der Waals surface area contributed by atoms with Crippen LogP contribution in [0.25, 0.3) is 11.5 Å². The molecular weight excluding hydrogens is 326 g/mol. The fourth-order valence-electron chi connectivity index (χ4n) is 1.59. The Hall–Kier alpha value is -1.44. The van der Waals surface area contributed by atoms with E-state index in [-0.39, 0.29) is 0 Å². The molecule has 1 aromatic heterocycles. The van der Waals surface area contributed by atoms with E-state index in [1.807, 2.05) is 12.1 Å². The highest BCUT2D eigenvalue weighted by Gasteiger charge is 2.12. The average Bonchev–Trinajstić information content (AvgIpc) is 2.90. The molecule has 0 bridgehead atoms. The molecule has 0 radical (unpaired) electrons. The lowest BCUT2D eigenvalue weighted by Gasteiger charge is -2.01. The largest absolute Gasteiger partial charge is 0.398 e. The van der Waals surface area contributed by atoms with Crippen LogP contribution in [-0.2, 0) is 15.9 Å². The highest BCUT2D eigenvalue weighted by molar-refractivity contribution is 9.10. The second kappa shape index (κ2) is 7.37. The predicted molar refractivity (Wildman–Crippen MR) is 78.2 cm³/mol. The molecule has 0 aliphatic carbocycles. The van der Waals surface area contributed by atoms with Crippen LogP contribution in [0.4, 0.5) is 5.69 Å². The molecule has 0 saturated carbocycles. The minimum Gasteiger partial charge on any atom is -0.398 e. The normalized spacial score (nSPS) is 10.9. The van der Waals surface area contributed by atoms with Crippen molar-refractivity contribution in [3.63, 3.8) is 0 Å². The summed E-state index contributed by atoms with van der Waals surface area (Å²) in [4.78, 5) is 4.31. The standard InChI is InChI=1S/C13H16BrN3O3/c1-18-6-7-19-5-4-12-16-13(20-17-12)10-8-9(14)2-3-11(10)15/h2-3,8H,4-7,15H2,1H3. The maximum absolute atomic E-state index is 5.90. The van der Waals surface area contributed by atoms with Gasteiger partial charge in [-0.05, 0) is 18.2 Å². The number of ether oxygens (including phenoxy) is 2. The van der Waals surface area contributed by atoms with Gasteiger partial charge in [0.2, 0.25) is 0 Å². The summed E-state index contributed by atoms with van der Waals surface area (Å²) in [5, 5.41) is 3.91. The third-order valence-electron chi connectivity index (χ3n) is 2.62. The van der Waals surface area contributed by atoms with Crippen LogP contribution in [0.3, 0.4) is 0 Å². The van der Waals surface area contributed by atoms with Crippen LogP contribution < -0.4 is 5.73 Å². The summed E-state index contributed by atoms with van der Waals surface area (Å²) in [6.07, 6.45) is 0.584. The third-order valence-corrected chi connectivity index (χ3v) is 3.11. The summed E-state index contributed by atoms with van der Waals surface area (Å²) in [7, 11) is 1.64. The molecule has 0 spiro atoms. The minimum absolute atomic E-state index is 0.413. The monoisotopic (exact) mass is 341 g/mol. The van der Waals surface area contributed by atoms with Crippen molar-refractivity contribution in [1.29, 1.82) is 0 Å². The van der Waals surface area contributed by atoms with Crippen LogP contribution in [0, 0.1) is 0 Å². The first-order valence-corrected chi connectivity index (χ1v) is 6.94. The first-order chi connectivity index (χ1) is 9.70. The first-order valence-electron chi connectivity index (χ1n) is 6.15. The third kappa shape index (κ3) is 4.03. The molecular formula is C13H16BrN3O3. The summed E-state index contributed by atoms with van der Waals surface area (Å²) in [5.41, 5.74) is 7.22. The van der Waals surface area contributed by atoms with Gasteiger partial charge in [-0.15, -0.1) is 0 Å². The van der Waals surface area contributed by atoms with Crippen LogP contribution >= 0.6 is 15.9 Å². The number of aromatic nitrogens is 2. The molecule has 6 nitrogen and oxygen atoms in total. The van der Waals surface area contributed by atoms with Gasteiger partial charge in [0.25, 0.3) is 5.89 Å². The molecule has 108 valence electrons. The number of halogens is 1. The van der Waals surface area contributed by atoms with Crippen molar-refractivity contribution < 1.29 is 14.0 Å². The summed E-state index contributed by atoms with van der Waals surface area (Å²) < 4.78 is 16.4. The Morgan fingerprint density at radius 2 is 2.15 bits per heavy atom. The van der Waals surface area contributed by atoms with Crippen molar-refractivity contribution in [1.82, 2.24) is 10.1 Å². The van der Waals surface area contributed by atoms with Gasteiger partial charge in [-0.1, -0.05) is 21.1 Å². The Bertz CT molecular complexity index is 560. The van der Waals surface area contributed by atoms with Crippen LogP contribution in [0.2, 0.25) is 0 Å². The Morgan fingerprint density at radius 3 is 2.95 bits per heavy atom. The van der Waals surface area contributed by atoms with Crippen molar-refractivity contribution in [2.24, 2.45) is 0 Å². The zero-order valence-corrected chi connectivity index (χ0v) is 12.7.